The number of esters is 3. The van der Waals surface area contributed by atoms with Crippen molar-refractivity contribution < 1.29 is 84.5 Å². The van der Waals surface area contributed by atoms with Crippen LogP contribution in [-0.4, -0.2) is 93.3 Å². The van der Waals surface area contributed by atoms with Gasteiger partial charge in [-0.1, -0.05) is 0 Å². The average molecular weight is 632 g/mol. The van der Waals surface area contributed by atoms with Crippen molar-refractivity contribution >= 4 is 23.9 Å². The molecule has 0 radical (unpaired) electrons. The number of rotatable bonds is 7. The van der Waals surface area contributed by atoms with Crippen LogP contribution in [0.1, 0.15) is 43.9 Å². The maximum absolute atomic E-state index is 13.1. The number of aromatic hydroxyl groups is 9. The number of hydrogen-bond acceptors (Lipinski definition) is 16. The van der Waals surface area contributed by atoms with Crippen molar-refractivity contribution in [2.45, 2.75) is 31.2 Å². The number of carboxylic acids is 1. The van der Waals surface area contributed by atoms with Crippen molar-refractivity contribution in [3.8, 4) is 51.7 Å². The van der Waals surface area contributed by atoms with Crippen molar-refractivity contribution in [3.63, 3.8) is 0 Å². The van der Waals surface area contributed by atoms with Gasteiger partial charge in [0.2, 0.25) is 0 Å². The number of phenols is 9. The molecule has 10 N–H and O–H groups in total. The van der Waals surface area contributed by atoms with Gasteiger partial charge >= 0.3 is 23.9 Å². The van der Waals surface area contributed by atoms with Crippen LogP contribution in [0.5, 0.6) is 51.7 Å². The predicted molar refractivity (Wildman–Crippen MR) is 142 cm³/mol. The molecule has 1 aliphatic carbocycles. The summed E-state index contributed by atoms with van der Waals surface area (Å²) in [6.45, 7) is 0. The SMILES string of the molecule is O=C(OC1CC(C(=O)O)CC(OC(=O)c2cc(O)c(O)c(O)c2)C1OC(=O)c1cc(O)c(O)c(O)c1)c1cc(O)c(O)c(O)c1. The zero-order valence-corrected chi connectivity index (χ0v) is 22.5. The number of aliphatic carboxylic acids is 1. The summed E-state index contributed by atoms with van der Waals surface area (Å²) in [5, 5.41) is 97.3. The molecule has 0 aromatic heterocycles. The monoisotopic (exact) mass is 632 g/mol. The maximum atomic E-state index is 13.1. The molecule has 0 heterocycles. The molecule has 1 saturated carbocycles. The smallest absolute Gasteiger partial charge is 0.338 e. The molecule has 4 rings (SSSR count). The van der Waals surface area contributed by atoms with E-state index < -0.39 is 129 Å². The van der Waals surface area contributed by atoms with Gasteiger partial charge in [-0.2, -0.15) is 0 Å². The fourth-order valence-corrected chi connectivity index (χ4v) is 4.52. The first-order valence-corrected chi connectivity index (χ1v) is 12.7. The topological polar surface area (TPSA) is 298 Å². The minimum atomic E-state index is -1.82. The molecule has 17 nitrogen and oxygen atoms in total. The van der Waals surface area contributed by atoms with Crippen LogP contribution in [-0.2, 0) is 19.0 Å². The van der Waals surface area contributed by atoms with Crippen LogP contribution in [0.2, 0.25) is 0 Å². The van der Waals surface area contributed by atoms with Gasteiger partial charge in [-0.3, -0.25) is 4.79 Å². The van der Waals surface area contributed by atoms with Gasteiger partial charge < -0.3 is 65.3 Å². The molecule has 17 heteroatoms. The molecule has 0 spiro atoms. The Morgan fingerprint density at radius 2 is 0.756 bits per heavy atom. The fourth-order valence-electron chi connectivity index (χ4n) is 4.52. The second-order valence-electron chi connectivity index (χ2n) is 9.85. The van der Waals surface area contributed by atoms with Crippen LogP contribution in [0.15, 0.2) is 36.4 Å². The molecule has 0 aliphatic heterocycles. The summed E-state index contributed by atoms with van der Waals surface area (Å²) in [6.07, 6.45) is -6.37. The Labute approximate surface area is 250 Å². The van der Waals surface area contributed by atoms with Crippen molar-refractivity contribution in [2.24, 2.45) is 5.92 Å². The number of carbonyl (C=O) groups excluding carboxylic acids is 3. The van der Waals surface area contributed by atoms with E-state index in [4.69, 9.17) is 14.2 Å². The standard InChI is InChI=1S/C28H24O17/c29-13-1-10(2-14(30)21(13)35)26(40)43-19-7-9(25(38)39)8-20(44-27(41)11-3-15(31)22(36)16(32)4-11)24(19)45-28(42)12-5-17(33)23(37)18(34)6-12/h1-6,9,19-20,24,29-37H,7-8H2,(H,38,39). The quantitative estimate of drug-likeness (QED) is 0.100. The molecule has 45 heavy (non-hydrogen) atoms. The van der Waals surface area contributed by atoms with Gasteiger partial charge in [0.25, 0.3) is 0 Å². The summed E-state index contributed by atoms with van der Waals surface area (Å²) < 4.78 is 16.2. The van der Waals surface area contributed by atoms with E-state index in [1.54, 1.807) is 0 Å². The molecule has 0 amide bonds. The Kier molecular flexibility index (Phi) is 8.55. The van der Waals surface area contributed by atoms with Crippen molar-refractivity contribution in [1.29, 1.82) is 0 Å². The van der Waals surface area contributed by atoms with Gasteiger partial charge in [-0.05, 0) is 36.4 Å². The molecule has 1 aliphatic rings. The summed E-state index contributed by atoms with van der Waals surface area (Å²) >= 11 is 0. The maximum Gasteiger partial charge on any atom is 0.338 e. The summed E-state index contributed by atoms with van der Waals surface area (Å²) in [5.41, 5.74) is -1.63. The molecule has 2 atom stereocenters. The lowest BCUT2D eigenvalue weighted by Gasteiger charge is -2.38. The second kappa shape index (κ2) is 12.2. The van der Waals surface area contributed by atoms with E-state index in [0.717, 1.165) is 0 Å². The summed E-state index contributed by atoms with van der Waals surface area (Å²) in [7, 11) is 0. The lowest BCUT2D eigenvalue weighted by atomic mass is 9.82. The highest BCUT2D eigenvalue weighted by Crippen LogP contribution is 2.40. The van der Waals surface area contributed by atoms with Gasteiger partial charge in [0.1, 0.15) is 12.2 Å². The number of hydrogen-bond donors (Lipinski definition) is 10. The van der Waals surface area contributed by atoms with Gasteiger partial charge in [-0.15, -0.1) is 0 Å². The lowest BCUT2D eigenvalue weighted by Crippen LogP contribution is -2.52. The summed E-state index contributed by atoms with van der Waals surface area (Å²) in [5.74, 6) is -15.3. The second-order valence-corrected chi connectivity index (χ2v) is 9.85. The fraction of sp³-hybridized carbons (Fsp3) is 0.214. The lowest BCUT2D eigenvalue weighted by molar-refractivity contribution is -0.155. The van der Waals surface area contributed by atoms with Crippen LogP contribution in [0.4, 0.5) is 0 Å². The van der Waals surface area contributed by atoms with Crippen LogP contribution >= 0.6 is 0 Å². The predicted octanol–water partition coefficient (Wildman–Crippen LogP) is 1.51. The minimum Gasteiger partial charge on any atom is -0.504 e. The zero-order chi connectivity index (χ0) is 33.3. The van der Waals surface area contributed by atoms with E-state index in [-0.39, 0.29) is 0 Å². The molecular formula is C28H24O17. The van der Waals surface area contributed by atoms with Crippen LogP contribution in [0.3, 0.4) is 0 Å². The van der Waals surface area contributed by atoms with E-state index in [1.165, 1.54) is 0 Å². The summed E-state index contributed by atoms with van der Waals surface area (Å²) in [6, 6.07) is 4.23. The highest BCUT2D eigenvalue weighted by atomic mass is 16.6. The first-order chi connectivity index (χ1) is 21.1. The number of ether oxygens (including phenoxy) is 3. The van der Waals surface area contributed by atoms with Crippen molar-refractivity contribution in [1.82, 2.24) is 0 Å². The molecule has 0 saturated heterocycles. The highest BCUT2D eigenvalue weighted by molar-refractivity contribution is 5.93. The molecule has 238 valence electrons. The van der Waals surface area contributed by atoms with Gasteiger partial charge in [0, 0.05) is 12.8 Å². The van der Waals surface area contributed by atoms with Crippen LogP contribution in [0.25, 0.3) is 0 Å². The van der Waals surface area contributed by atoms with Crippen LogP contribution < -0.4 is 0 Å². The van der Waals surface area contributed by atoms with Crippen molar-refractivity contribution in [3.05, 3.63) is 53.1 Å². The third-order valence-corrected chi connectivity index (χ3v) is 6.79. The zero-order valence-electron chi connectivity index (χ0n) is 22.5. The first kappa shape index (κ1) is 31.7. The number of carboxylic acid groups (broad SMARTS) is 1. The molecule has 0 bridgehead atoms. The Morgan fingerprint density at radius 3 is 1.02 bits per heavy atom. The Bertz CT molecular complexity index is 1550. The first-order valence-electron chi connectivity index (χ1n) is 12.7. The van der Waals surface area contributed by atoms with Gasteiger partial charge in [-0.25, -0.2) is 14.4 Å². The highest BCUT2D eigenvalue weighted by Gasteiger charge is 2.47. The molecule has 3 aromatic rings. The summed E-state index contributed by atoms with van der Waals surface area (Å²) in [4.78, 5) is 51.1. The number of benzene rings is 3. The average Bonchev–Trinajstić information content (AvgIpc) is 2.97. The Morgan fingerprint density at radius 1 is 0.489 bits per heavy atom. The van der Waals surface area contributed by atoms with Crippen molar-refractivity contribution in [2.75, 3.05) is 0 Å². The molecule has 2 unspecified atom stereocenters. The van der Waals surface area contributed by atoms with E-state index in [2.05, 4.69) is 0 Å². The van der Waals surface area contributed by atoms with E-state index >= 15 is 0 Å². The molecular weight excluding hydrogens is 608 g/mol. The van der Waals surface area contributed by atoms with E-state index in [0.29, 0.717) is 36.4 Å². The van der Waals surface area contributed by atoms with Crippen LogP contribution in [0, 0.1) is 5.92 Å². The minimum absolute atomic E-state index is 0.540. The van der Waals surface area contributed by atoms with E-state index in [9.17, 15) is 70.2 Å². The third-order valence-electron chi connectivity index (χ3n) is 6.79. The molecule has 1 fully saturated rings. The van der Waals surface area contributed by atoms with E-state index in [1.807, 2.05) is 0 Å². The van der Waals surface area contributed by atoms with Gasteiger partial charge in [0.05, 0.1) is 22.6 Å². The molecule has 3 aromatic carbocycles. The number of carbonyl (C=O) groups is 4. The number of phenolic OH excluding ortho intramolecular Hbond substituents is 9. The largest absolute Gasteiger partial charge is 0.504 e. The Balaban J connectivity index is 1.73. The Hall–Kier alpha value is -6.26. The third kappa shape index (κ3) is 6.56. The normalized spacial score (nSPS) is 19.3. The van der Waals surface area contributed by atoms with Gasteiger partial charge in [0.15, 0.2) is 57.8 Å².